The molecule has 0 radical (unpaired) electrons. The molecule has 1 aliphatic rings. The number of aryl methyl sites for hydroxylation is 1. The maximum Gasteiger partial charge on any atom is 0.290 e. The molecule has 0 aliphatic carbocycles. The van der Waals surface area contributed by atoms with Crippen LogP contribution in [0, 0.1) is 0 Å². The van der Waals surface area contributed by atoms with Gasteiger partial charge in [-0.2, -0.15) is 9.97 Å². The average Bonchev–Trinajstić information content (AvgIpc) is 3.51. The number of carbonyl (C=O) groups is 1. The summed E-state index contributed by atoms with van der Waals surface area (Å²) in [5.41, 5.74) is 1.33. The van der Waals surface area contributed by atoms with E-state index in [4.69, 9.17) is 30.8 Å². The largest absolute Gasteiger partial charge is 0.483 e. The highest BCUT2D eigenvalue weighted by molar-refractivity contribution is 6.28. The molecular formula is C20H27ClN6O6. The van der Waals surface area contributed by atoms with Crippen LogP contribution in [0.5, 0.6) is 0 Å². The number of rotatable bonds is 7. The quantitative estimate of drug-likeness (QED) is 0.288. The summed E-state index contributed by atoms with van der Waals surface area (Å²) in [7, 11) is 0. The summed E-state index contributed by atoms with van der Waals surface area (Å²) in [6.45, 7) is 5.85. The molecule has 13 heteroatoms. The second kappa shape index (κ2) is 10.9. The Balaban J connectivity index is 0.000000968. The van der Waals surface area contributed by atoms with E-state index < -0.39 is 24.5 Å². The Kier molecular flexibility index (Phi) is 8.19. The topological polar surface area (TPSA) is 169 Å². The van der Waals surface area contributed by atoms with E-state index in [0.29, 0.717) is 34.9 Å². The maximum atomic E-state index is 10.7. The van der Waals surface area contributed by atoms with E-state index in [1.54, 1.807) is 10.6 Å². The summed E-state index contributed by atoms with van der Waals surface area (Å²) < 4.78 is 12.7. The molecule has 0 bridgehead atoms. The SMILES string of the molecule is CCc1cc([C@H]2O[C@@H](n3cnc4c(NC(CC)CC)nc(Cl)nc43)[C@H](O)[C@@H]2O)no1.O=CO. The first kappa shape index (κ1) is 24.8. The Morgan fingerprint density at radius 1 is 1.24 bits per heavy atom. The summed E-state index contributed by atoms with van der Waals surface area (Å²) in [6.07, 6.45) is -0.200. The third-order valence-corrected chi connectivity index (χ3v) is 5.62. The standard InChI is InChI=1S/C19H25ClN6O4.CH2O2/c1-4-9(5-2)22-16-12-17(24-19(20)23-16)26(8-21-12)18-14(28)13(27)15(29-18)11-7-10(6-3)30-25-11;2-1-3/h7-9,13-15,18,27-28H,4-6H2,1-3H3,(H,22,23,24);1H,(H,2,3)/t13-,14+,15+,18+;/m0./s1. The molecule has 4 N–H and O–H groups in total. The van der Waals surface area contributed by atoms with Crippen LogP contribution in [-0.2, 0) is 16.0 Å². The molecule has 33 heavy (non-hydrogen) atoms. The van der Waals surface area contributed by atoms with Crippen molar-refractivity contribution in [2.45, 2.75) is 70.6 Å². The Bertz CT molecular complexity index is 1070. The van der Waals surface area contributed by atoms with Gasteiger partial charge in [-0.3, -0.25) is 9.36 Å². The molecule has 180 valence electrons. The fraction of sp³-hybridized carbons (Fsp3) is 0.550. The number of nitrogens with zero attached hydrogens (tertiary/aromatic N) is 5. The minimum absolute atomic E-state index is 0.0476. The van der Waals surface area contributed by atoms with Crippen LogP contribution in [0.15, 0.2) is 16.9 Å². The number of fused-ring (bicyclic) bond motifs is 1. The number of carboxylic acid groups (broad SMARTS) is 1. The highest BCUT2D eigenvalue weighted by atomic mass is 35.5. The van der Waals surface area contributed by atoms with Crippen LogP contribution < -0.4 is 5.32 Å². The van der Waals surface area contributed by atoms with E-state index in [1.165, 1.54) is 6.33 Å². The molecule has 0 unspecified atom stereocenters. The fourth-order valence-electron chi connectivity index (χ4n) is 3.63. The number of aromatic nitrogens is 5. The molecule has 1 saturated heterocycles. The van der Waals surface area contributed by atoms with Crippen molar-refractivity contribution in [1.82, 2.24) is 24.7 Å². The number of nitrogens with one attached hydrogen (secondary N) is 1. The normalized spacial score (nSPS) is 22.4. The second-order valence-electron chi connectivity index (χ2n) is 7.43. The lowest BCUT2D eigenvalue weighted by atomic mass is 10.1. The van der Waals surface area contributed by atoms with Gasteiger partial charge in [0.1, 0.15) is 29.8 Å². The third kappa shape index (κ3) is 5.08. The van der Waals surface area contributed by atoms with Crippen molar-refractivity contribution in [3.05, 3.63) is 29.1 Å². The van der Waals surface area contributed by atoms with Crippen molar-refractivity contribution in [1.29, 1.82) is 0 Å². The smallest absolute Gasteiger partial charge is 0.290 e. The van der Waals surface area contributed by atoms with E-state index >= 15 is 0 Å². The number of anilines is 1. The van der Waals surface area contributed by atoms with Crippen molar-refractivity contribution >= 4 is 35.1 Å². The molecule has 0 aromatic carbocycles. The predicted molar refractivity (Wildman–Crippen MR) is 118 cm³/mol. The van der Waals surface area contributed by atoms with Gasteiger partial charge in [0.25, 0.3) is 6.47 Å². The maximum absolute atomic E-state index is 10.7. The van der Waals surface area contributed by atoms with E-state index in [1.807, 2.05) is 6.92 Å². The van der Waals surface area contributed by atoms with Crippen molar-refractivity contribution in [3.63, 3.8) is 0 Å². The van der Waals surface area contributed by atoms with Crippen LogP contribution in [0.2, 0.25) is 5.28 Å². The molecular weight excluding hydrogens is 456 g/mol. The minimum atomic E-state index is -1.22. The summed E-state index contributed by atoms with van der Waals surface area (Å²) in [5.74, 6) is 1.19. The Hall–Kier alpha value is -2.80. The number of hydrogen-bond acceptors (Lipinski definition) is 10. The number of hydrogen-bond donors (Lipinski definition) is 4. The molecule has 3 aromatic heterocycles. The lowest BCUT2D eigenvalue weighted by Crippen LogP contribution is -2.29. The van der Waals surface area contributed by atoms with Crippen LogP contribution in [-0.4, -0.2) is 64.7 Å². The van der Waals surface area contributed by atoms with Crippen molar-refractivity contribution in [2.24, 2.45) is 0 Å². The first-order valence-electron chi connectivity index (χ1n) is 10.6. The highest BCUT2D eigenvalue weighted by Gasteiger charge is 2.46. The van der Waals surface area contributed by atoms with Crippen molar-refractivity contribution in [3.8, 4) is 0 Å². The van der Waals surface area contributed by atoms with Gasteiger partial charge in [-0.1, -0.05) is 25.9 Å². The number of halogens is 1. The molecule has 3 aromatic rings. The van der Waals surface area contributed by atoms with Gasteiger partial charge in [-0.25, -0.2) is 4.98 Å². The molecule has 0 amide bonds. The van der Waals surface area contributed by atoms with Crippen LogP contribution in [0.25, 0.3) is 11.2 Å². The van der Waals surface area contributed by atoms with Gasteiger partial charge in [-0.15, -0.1) is 0 Å². The van der Waals surface area contributed by atoms with Crippen LogP contribution in [0.4, 0.5) is 5.82 Å². The van der Waals surface area contributed by atoms with Crippen molar-refractivity contribution < 1.29 is 29.4 Å². The first-order chi connectivity index (χ1) is 15.9. The van der Waals surface area contributed by atoms with Gasteiger partial charge in [0.2, 0.25) is 5.28 Å². The van der Waals surface area contributed by atoms with Gasteiger partial charge in [0.15, 0.2) is 23.2 Å². The first-order valence-corrected chi connectivity index (χ1v) is 11.0. The summed E-state index contributed by atoms with van der Waals surface area (Å²) in [4.78, 5) is 21.3. The van der Waals surface area contributed by atoms with Crippen LogP contribution >= 0.6 is 11.6 Å². The zero-order chi connectivity index (χ0) is 24.1. The fourth-order valence-corrected chi connectivity index (χ4v) is 3.79. The Labute approximate surface area is 194 Å². The zero-order valence-corrected chi connectivity index (χ0v) is 19.2. The summed E-state index contributed by atoms with van der Waals surface area (Å²) in [6, 6.07) is 1.93. The summed E-state index contributed by atoms with van der Waals surface area (Å²) >= 11 is 6.16. The third-order valence-electron chi connectivity index (χ3n) is 5.45. The highest BCUT2D eigenvalue weighted by Crippen LogP contribution is 2.40. The van der Waals surface area contributed by atoms with Gasteiger partial charge >= 0.3 is 0 Å². The van der Waals surface area contributed by atoms with Gasteiger partial charge in [0, 0.05) is 18.5 Å². The number of imidazole rings is 1. The predicted octanol–water partition coefficient (Wildman–Crippen LogP) is 2.32. The molecule has 4 rings (SSSR count). The summed E-state index contributed by atoms with van der Waals surface area (Å²) in [5, 5.41) is 35.5. The van der Waals surface area contributed by atoms with Crippen molar-refractivity contribution in [2.75, 3.05) is 5.32 Å². The van der Waals surface area contributed by atoms with E-state index in [0.717, 1.165) is 12.8 Å². The molecule has 1 aliphatic heterocycles. The minimum Gasteiger partial charge on any atom is -0.483 e. The Morgan fingerprint density at radius 2 is 1.94 bits per heavy atom. The number of aliphatic hydroxyl groups excluding tert-OH is 2. The molecule has 4 atom stereocenters. The van der Waals surface area contributed by atoms with Gasteiger partial charge in [0.05, 0.1) is 6.33 Å². The van der Waals surface area contributed by atoms with Gasteiger partial charge < -0.3 is 29.9 Å². The number of ether oxygens (including phenoxy) is 1. The number of aliphatic hydroxyl groups is 2. The monoisotopic (exact) mass is 482 g/mol. The molecule has 0 saturated carbocycles. The van der Waals surface area contributed by atoms with Crippen LogP contribution in [0.1, 0.15) is 57.4 Å². The molecule has 12 nitrogen and oxygen atoms in total. The van der Waals surface area contributed by atoms with E-state index in [2.05, 4.69) is 39.3 Å². The lowest BCUT2D eigenvalue weighted by Gasteiger charge is -2.18. The molecule has 0 spiro atoms. The lowest BCUT2D eigenvalue weighted by molar-refractivity contribution is -0.122. The zero-order valence-electron chi connectivity index (χ0n) is 18.4. The van der Waals surface area contributed by atoms with Gasteiger partial charge in [-0.05, 0) is 24.4 Å². The van der Waals surface area contributed by atoms with E-state index in [-0.39, 0.29) is 17.8 Å². The second-order valence-corrected chi connectivity index (χ2v) is 7.77. The van der Waals surface area contributed by atoms with Crippen LogP contribution in [0.3, 0.4) is 0 Å². The average molecular weight is 483 g/mol. The Morgan fingerprint density at radius 3 is 2.55 bits per heavy atom. The molecule has 4 heterocycles. The van der Waals surface area contributed by atoms with E-state index in [9.17, 15) is 10.2 Å². The molecule has 1 fully saturated rings.